The molecule has 1 N–H and O–H groups in total. The molecule has 0 amide bonds. The van der Waals surface area contributed by atoms with Gasteiger partial charge < -0.3 is 9.94 Å². The number of benzene rings is 1. The van der Waals surface area contributed by atoms with Gasteiger partial charge in [-0.25, -0.2) is 4.79 Å². The van der Waals surface area contributed by atoms with E-state index in [-0.39, 0.29) is 0 Å². The van der Waals surface area contributed by atoms with E-state index in [1.54, 1.807) is 31.2 Å². The van der Waals surface area contributed by atoms with E-state index >= 15 is 0 Å². The Bertz CT molecular complexity index is 373. The van der Waals surface area contributed by atoms with Gasteiger partial charge in [0, 0.05) is 5.56 Å². The molecule has 0 heterocycles. The molecule has 4 heteroatoms. The number of carboxylic acids is 1. The van der Waals surface area contributed by atoms with Crippen LogP contribution in [-0.2, 0) is 9.63 Å². The van der Waals surface area contributed by atoms with Crippen molar-refractivity contribution in [3.8, 4) is 0 Å². The van der Waals surface area contributed by atoms with Crippen molar-refractivity contribution >= 4 is 11.7 Å². The summed E-state index contributed by atoms with van der Waals surface area (Å²) in [4.78, 5) is 16.0. The average molecular weight is 221 g/mol. The molecule has 1 rings (SSSR count). The second-order valence-electron chi connectivity index (χ2n) is 3.41. The summed E-state index contributed by atoms with van der Waals surface area (Å²) in [6.07, 6.45) is -0.302. The van der Waals surface area contributed by atoms with Gasteiger partial charge in [0.1, 0.15) is 0 Å². The lowest BCUT2D eigenvalue weighted by atomic mass is 10.1. The molecule has 0 unspecified atom stereocenters. The number of rotatable bonds is 5. The van der Waals surface area contributed by atoms with Gasteiger partial charge in [0.05, 0.1) is 5.71 Å². The van der Waals surface area contributed by atoms with Crippen molar-refractivity contribution in [1.29, 1.82) is 0 Å². The van der Waals surface area contributed by atoms with Crippen LogP contribution in [0.25, 0.3) is 0 Å². The van der Waals surface area contributed by atoms with Gasteiger partial charge in [-0.2, -0.15) is 0 Å². The van der Waals surface area contributed by atoms with Crippen molar-refractivity contribution < 1.29 is 14.7 Å². The fourth-order valence-corrected chi connectivity index (χ4v) is 1.08. The molecule has 0 fully saturated rings. The molecule has 86 valence electrons. The van der Waals surface area contributed by atoms with Gasteiger partial charge in [0.15, 0.2) is 0 Å². The molecule has 0 radical (unpaired) electrons. The molecule has 1 atom stereocenters. The third-order valence-electron chi connectivity index (χ3n) is 2.15. The molecule has 0 aromatic heterocycles. The monoisotopic (exact) mass is 221 g/mol. The van der Waals surface area contributed by atoms with E-state index in [0.29, 0.717) is 5.56 Å². The second-order valence-corrected chi connectivity index (χ2v) is 3.41. The first kappa shape index (κ1) is 12.2. The predicted molar refractivity (Wildman–Crippen MR) is 61.3 cm³/mol. The Labute approximate surface area is 94.5 Å². The van der Waals surface area contributed by atoms with Gasteiger partial charge in [-0.3, -0.25) is 0 Å². The van der Waals surface area contributed by atoms with E-state index in [9.17, 15) is 4.79 Å². The van der Waals surface area contributed by atoms with E-state index in [1.165, 1.54) is 0 Å². The number of aliphatic carboxylic acids is 1. The summed E-state index contributed by atoms with van der Waals surface area (Å²) in [5.41, 5.74) is 1.35. The standard InChI is InChI=1S/C12H15NO3/c1-3-9(2)13-16-11(12(14)15)10-7-5-4-6-8-10/h4-8,11H,3H2,1-2H3,(H,14,15)/b13-9+/t11-/m0/s1. The third-order valence-corrected chi connectivity index (χ3v) is 2.15. The fourth-order valence-electron chi connectivity index (χ4n) is 1.08. The Kier molecular flexibility index (Phi) is 4.51. The Balaban J connectivity index is 2.81. The summed E-state index contributed by atoms with van der Waals surface area (Å²) in [6.45, 7) is 3.73. The molecule has 0 spiro atoms. The van der Waals surface area contributed by atoms with E-state index in [1.807, 2.05) is 13.0 Å². The smallest absolute Gasteiger partial charge is 0.352 e. The van der Waals surface area contributed by atoms with Crippen LogP contribution in [-0.4, -0.2) is 16.8 Å². The Morgan fingerprint density at radius 2 is 2.06 bits per heavy atom. The van der Waals surface area contributed by atoms with Crippen molar-refractivity contribution in [2.45, 2.75) is 26.4 Å². The Hall–Kier alpha value is -1.84. The first-order valence-corrected chi connectivity index (χ1v) is 5.12. The van der Waals surface area contributed by atoms with Crippen LogP contribution in [0, 0.1) is 0 Å². The number of carboxylic acid groups (broad SMARTS) is 1. The molecule has 16 heavy (non-hydrogen) atoms. The highest BCUT2D eigenvalue weighted by molar-refractivity contribution is 5.81. The number of hydrogen-bond donors (Lipinski definition) is 1. The zero-order chi connectivity index (χ0) is 12.0. The summed E-state index contributed by atoms with van der Waals surface area (Å²) in [6, 6.07) is 8.77. The molecule has 0 aliphatic rings. The molecule has 1 aromatic rings. The lowest BCUT2D eigenvalue weighted by molar-refractivity contribution is -0.150. The van der Waals surface area contributed by atoms with Gasteiger partial charge in [-0.15, -0.1) is 0 Å². The maximum absolute atomic E-state index is 11.0. The van der Waals surface area contributed by atoms with E-state index in [2.05, 4.69) is 5.16 Å². The zero-order valence-corrected chi connectivity index (χ0v) is 9.38. The van der Waals surface area contributed by atoms with Gasteiger partial charge in [0.25, 0.3) is 0 Å². The Morgan fingerprint density at radius 1 is 1.44 bits per heavy atom. The maximum atomic E-state index is 11.0. The number of nitrogens with zero attached hydrogens (tertiary/aromatic N) is 1. The first-order valence-electron chi connectivity index (χ1n) is 5.12. The van der Waals surface area contributed by atoms with Crippen LogP contribution in [0.5, 0.6) is 0 Å². The SMILES string of the molecule is CC/C(C)=N/O[C@H](C(=O)O)c1ccccc1. The fraction of sp³-hybridized carbons (Fsp3) is 0.333. The first-order chi connectivity index (χ1) is 7.65. The summed E-state index contributed by atoms with van der Waals surface area (Å²) in [5, 5.41) is 12.8. The van der Waals surface area contributed by atoms with Crippen molar-refractivity contribution in [3.63, 3.8) is 0 Å². The van der Waals surface area contributed by atoms with Crippen LogP contribution in [0.4, 0.5) is 0 Å². The van der Waals surface area contributed by atoms with Crippen LogP contribution in [0.2, 0.25) is 0 Å². The minimum absolute atomic E-state index is 0.586. The zero-order valence-electron chi connectivity index (χ0n) is 9.38. The summed E-state index contributed by atoms with van der Waals surface area (Å²) < 4.78 is 0. The summed E-state index contributed by atoms with van der Waals surface area (Å²) in [5.74, 6) is -1.04. The van der Waals surface area contributed by atoms with Crippen LogP contribution in [0.15, 0.2) is 35.5 Å². The minimum Gasteiger partial charge on any atom is -0.478 e. The van der Waals surface area contributed by atoms with E-state index in [4.69, 9.17) is 9.94 Å². The largest absolute Gasteiger partial charge is 0.478 e. The lowest BCUT2D eigenvalue weighted by Gasteiger charge is -2.10. The molecule has 0 saturated heterocycles. The Morgan fingerprint density at radius 3 is 2.56 bits per heavy atom. The third kappa shape index (κ3) is 3.38. The highest BCUT2D eigenvalue weighted by atomic mass is 16.6. The molecule has 0 saturated carbocycles. The quantitative estimate of drug-likeness (QED) is 0.614. The van der Waals surface area contributed by atoms with Crippen LogP contribution in [0.1, 0.15) is 31.9 Å². The lowest BCUT2D eigenvalue weighted by Crippen LogP contribution is -2.13. The summed E-state index contributed by atoms with van der Waals surface area (Å²) >= 11 is 0. The molecule has 0 aliphatic carbocycles. The molecule has 0 aliphatic heterocycles. The highest BCUT2D eigenvalue weighted by Crippen LogP contribution is 2.17. The topological polar surface area (TPSA) is 58.9 Å². The van der Waals surface area contributed by atoms with Crippen molar-refractivity contribution in [2.75, 3.05) is 0 Å². The van der Waals surface area contributed by atoms with Crippen molar-refractivity contribution in [1.82, 2.24) is 0 Å². The van der Waals surface area contributed by atoms with E-state index < -0.39 is 12.1 Å². The van der Waals surface area contributed by atoms with Crippen molar-refractivity contribution in [3.05, 3.63) is 35.9 Å². The molecule has 4 nitrogen and oxygen atoms in total. The highest BCUT2D eigenvalue weighted by Gasteiger charge is 2.21. The van der Waals surface area contributed by atoms with E-state index in [0.717, 1.165) is 12.1 Å². The van der Waals surface area contributed by atoms with Gasteiger partial charge in [0.2, 0.25) is 6.10 Å². The number of hydrogen-bond acceptors (Lipinski definition) is 3. The van der Waals surface area contributed by atoms with Gasteiger partial charge in [-0.05, 0) is 13.3 Å². The normalized spacial score (nSPS) is 13.2. The van der Waals surface area contributed by atoms with Crippen molar-refractivity contribution in [2.24, 2.45) is 5.16 Å². The molecular weight excluding hydrogens is 206 g/mol. The molecule has 1 aromatic carbocycles. The predicted octanol–water partition coefficient (Wildman–Crippen LogP) is 2.61. The number of carbonyl (C=O) groups is 1. The second kappa shape index (κ2) is 5.90. The van der Waals surface area contributed by atoms with Gasteiger partial charge in [-0.1, -0.05) is 42.4 Å². The summed E-state index contributed by atoms with van der Waals surface area (Å²) in [7, 11) is 0. The van der Waals surface area contributed by atoms with Gasteiger partial charge >= 0.3 is 5.97 Å². The molecular formula is C12H15NO3. The minimum atomic E-state index is -1.04. The average Bonchev–Trinajstić information content (AvgIpc) is 2.30. The number of oxime groups is 1. The van der Waals surface area contributed by atoms with Crippen LogP contribution >= 0.6 is 0 Å². The van der Waals surface area contributed by atoms with Crippen LogP contribution < -0.4 is 0 Å². The molecule has 0 bridgehead atoms. The van der Waals surface area contributed by atoms with Crippen LogP contribution in [0.3, 0.4) is 0 Å². The maximum Gasteiger partial charge on any atom is 0.352 e.